The van der Waals surface area contributed by atoms with Crippen LogP contribution in [0, 0.1) is 0 Å². The molecule has 0 aliphatic rings. The van der Waals surface area contributed by atoms with Crippen molar-refractivity contribution >= 4 is 11.0 Å². The second kappa shape index (κ2) is 5.38. The van der Waals surface area contributed by atoms with Crippen LogP contribution in [0.4, 0.5) is 0 Å². The molecule has 3 aromatic rings. The maximum absolute atomic E-state index is 11.4. The Hall–Kier alpha value is -2.66. The average molecular weight is 281 g/mol. The highest BCUT2D eigenvalue weighted by Crippen LogP contribution is 2.23. The monoisotopic (exact) mass is 281 g/mol. The SMILES string of the molecule is CNC(c1ccccc1)c1ccc2[nH]c(=O)c(=O)[nH]c2c1. The molecule has 0 amide bonds. The molecule has 0 fully saturated rings. The fourth-order valence-electron chi connectivity index (χ4n) is 2.48. The summed E-state index contributed by atoms with van der Waals surface area (Å²) in [4.78, 5) is 27.9. The minimum Gasteiger partial charge on any atom is -0.316 e. The second-order valence-corrected chi connectivity index (χ2v) is 4.85. The predicted octanol–water partition coefficient (Wildman–Crippen LogP) is 1.53. The number of aromatic amines is 2. The topological polar surface area (TPSA) is 77.8 Å². The van der Waals surface area contributed by atoms with Crippen molar-refractivity contribution in [2.24, 2.45) is 0 Å². The highest BCUT2D eigenvalue weighted by Gasteiger charge is 2.12. The summed E-state index contributed by atoms with van der Waals surface area (Å²) < 4.78 is 0. The van der Waals surface area contributed by atoms with Crippen LogP contribution in [-0.4, -0.2) is 17.0 Å². The molecule has 0 aliphatic carbocycles. The summed E-state index contributed by atoms with van der Waals surface area (Å²) in [5, 5.41) is 3.26. The minimum absolute atomic E-state index is 0.0195. The van der Waals surface area contributed by atoms with E-state index in [1.165, 1.54) is 0 Å². The maximum Gasteiger partial charge on any atom is 0.314 e. The minimum atomic E-state index is -0.639. The third kappa shape index (κ3) is 2.51. The van der Waals surface area contributed by atoms with Crippen LogP contribution in [0.2, 0.25) is 0 Å². The van der Waals surface area contributed by atoms with Crippen molar-refractivity contribution in [1.29, 1.82) is 0 Å². The summed E-state index contributed by atoms with van der Waals surface area (Å²) in [5.41, 5.74) is 2.11. The van der Waals surface area contributed by atoms with Crippen molar-refractivity contribution in [2.45, 2.75) is 6.04 Å². The van der Waals surface area contributed by atoms with Crippen molar-refractivity contribution in [3.63, 3.8) is 0 Å². The van der Waals surface area contributed by atoms with Crippen LogP contribution in [0.1, 0.15) is 17.2 Å². The molecule has 5 nitrogen and oxygen atoms in total. The molecule has 0 radical (unpaired) electrons. The highest BCUT2D eigenvalue weighted by molar-refractivity contribution is 5.74. The molecule has 0 bridgehead atoms. The van der Waals surface area contributed by atoms with E-state index in [1.807, 2.05) is 49.5 Å². The quantitative estimate of drug-likeness (QED) is 0.637. The number of nitrogens with one attached hydrogen (secondary N) is 3. The normalized spacial score (nSPS) is 12.4. The zero-order valence-corrected chi connectivity index (χ0v) is 11.5. The van der Waals surface area contributed by atoms with E-state index < -0.39 is 11.1 Å². The second-order valence-electron chi connectivity index (χ2n) is 4.85. The molecule has 1 atom stereocenters. The van der Waals surface area contributed by atoms with E-state index in [0.717, 1.165) is 11.1 Å². The van der Waals surface area contributed by atoms with E-state index in [2.05, 4.69) is 15.3 Å². The molecule has 0 aliphatic heterocycles. The molecule has 0 spiro atoms. The Kier molecular flexibility index (Phi) is 3.41. The van der Waals surface area contributed by atoms with Gasteiger partial charge in [-0.2, -0.15) is 0 Å². The molecule has 0 saturated heterocycles. The van der Waals surface area contributed by atoms with Crippen molar-refractivity contribution in [3.05, 3.63) is 80.4 Å². The largest absolute Gasteiger partial charge is 0.316 e. The van der Waals surface area contributed by atoms with Crippen molar-refractivity contribution in [2.75, 3.05) is 7.05 Å². The van der Waals surface area contributed by atoms with E-state index in [9.17, 15) is 9.59 Å². The van der Waals surface area contributed by atoms with Gasteiger partial charge in [-0.3, -0.25) is 9.59 Å². The van der Waals surface area contributed by atoms with Crippen LogP contribution < -0.4 is 16.4 Å². The first-order valence-corrected chi connectivity index (χ1v) is 6.67. The average Bonchev–Trinajstić information content (AvgIpc) is 2.50. The van der Waals surface area contributed by atoms with Gasteiger partial charge in [0, 0.05) is 0 Å². The van der Waals surface area contributed by atoms with Gasteiger partial charge >= 0.3 is 11.1 Å². The number of hydrogen-bond donors (Lipinski definition) is 3. The number of fused-ring (bicyclic) bond motifs is 1. The molecule has 1 unspecified atom stereocenters. The molecule has 3 N–H and O–H groups in total. The number of hydrogen-bond acceptors (Lipinski definition) is 3. The van der Waals surface area contributed by atoms with Crippen LogP contribution in [0.5, 0.6) is 0 Å². The number of H-pyrrole nitrogens is 2. The fraction of sp³-hybridized carbons (Fsp3) is 0.125. The molecule has 1 heterocycles. The van der Waals surface area contributed by atoms with E-state index in [1.54, 1.807) is 6.07 Å². The molecule has 21 heavy (non-hydrogen) atoms. The Balaban J connectivity index is 2.13. The first-order chi connectivity index (χ1) is 10.2. The fourth-order valence-corrected chi connectivity index (χ4v) is 2.48. The van der Waals surface area contributed by atoms with E-state index in [0.29, 0.717) is 11.0 Å². The van der Waals surface area contributed by atoms with Crippen LogP contribution in [0.3, 0.4) is 0 Å². The molecule has 2 aromatic carbocycles. The standard InChI is InChI=1S/C16H15N3O2/c1-17-14(10-5-3-2-4-6-10)11-7-8-12-13(9-11)19-16(21)15(20)18-12/h2-9,14,17H,1H3,(H,18,20)(H,19,21). The highest BCUT2D eigenvalue weighted by atomic mass is 16.2. The van der Waals surface area contributed by atoms with E-state index in [4.69, 9.17) is 0 Å². The summed E-state index contributed by atoms with van der Waals surface area (Å²) in [7, 11) is 1.89. The maximum atomic E-state index is 11.4. The zero-order valence-electron chi connectivity index (χ0n) is 11.5. The zero-order chi connectivity index (χ0) is 14.8. The van der Waals surface area contributed by atoms with Gasteiger partial charge in [-0.05, 0) is 30.3 Å². The van der Waals surface area contributed by atoms with Crippen molar-refractivity contribution in [3.8, 4) is 0 Å². The summed E-state index contributed by atoms with van der Waals surface area (Å²) in [6, 6.07) is 15.7. The van der Waals surface area contributed by atoms with Gasteiger partial charge in [0.05, 0.1) is 17.1 Å². The molecule has 0 saturated carbocycles. The van der Waals surface area contributed by atoms with Gasteiger partial charge in [0.25, 0.3) is 0 Å². The van der Waals surface area contributed by atoms with Gasteiger partial charge in [0.2, 0.25) is 0 Å². The first kappa shape index (κ1) is 13.3. The molecular formula is C16H15N3O2. The lowest BCUT2D eigenvalue weighted by molar-refractivity contribution is 0.692. The number of benzene rings is 2. The number of aromatic nitrogens is 2. The Morgan fingerprint density at radius 2 is 1.52 bits per heavy atom. The third-order valence-electron chi connectivity index (χ3n) is 3.50. The Morgan fingerprint density at radius 1 is 0.857 bits per heavy atom. The summed E-state index contributed by atoms with van der Waals surface area (Å²) in [5.74, 6) is 0. The Morgan fingerprint density at radius 3 is 2.19 bits per heavy atom. The molecule has 106 valence electrons. The lowest BCUT2D eigenvalue weighted by atomic mass is 9.98. The third-order valence-corrected chi connectivity index (χ3v) is 3.50. The lowest BCUT2D eigenvalue weighted by Gasteiger charge is -2.17. The molecular weight excluding hydrogens is 266 g/mol. The van der Waals surface area contributed by atoms with Gasteiger partial charge in [-0.25, -0.2) is 0 Å². The first-order valence-electron chi connectivity index (χ1n) is 6.67. The van der Waals surface area contributed by atoms with Gasteiger partial charge in [0.15, 0.2) is 0 Å². The predicted molar refractivity (Wildman–Crippen MR) is 82.5 cm³/mol. The lowest BCUT2D eigenvalue weighted by Crippen LogP contribution is -2.29. The molecule has 1 aromatic heterocycles. The molecule has 3 rings (SSSR count). The van der Waals surface area contributed by atoms with E-state index >= 15 is 0 Å². The van der Waals surface area contributed by atoms with Gasteiger partial charge in [-0.15, -0.1) is 0 Å². The van der Waals surface area contributed by atoms with Gasteiger partial charge in [0.1, 0.15) is 0 Å². The van der Waals surface area contributed by atoms with Crippen LogP contribution >= 0.6 is 0 Å². The Labute approximate surface area is 120 Å². The van der Waals surface area contributed by atoms with Gasteiger partial charge < -0.3 is 15.3 Å². The Bertz CT molecular complexity index is 881. The summed E-state index contributed by atoms with van der Waals surface area (Å²) >= 11 is 0. The van der Waals surface area contributed by atoms with Gasteiger partial charge in [-0.1, -0.05) is 36.4 Å². The van der Waals surface area contributed by atoms with E-state index in [-0.39, 0.29) is 6.04 Å². The summed E-state index contributed by atoms with van der Waals surface area (Å²) in [6.07, 6.45) is 0. The van der Waals surface area contributed by atoms with Crippen LogP contribution in [0.25, 0.3) is 11.0 Å². The smallest absolute Gasteiger partial charge is 0.314 e. The van der Waals surface area contributed by atoms with Crippen LogP contribution in [0.15, 0.2) is 58.1 Å². The summed E-state index contributed by atoms with van der Waals surface area (Å²) in [6.45, 7) is 0. The van der Waals surface area contributed by atoms with Crippen molar-refractivity contribution in [1.82, 2.24) is 15.3 Å². The molecule has 5 heteroatoms. The van der Waals surface area contributed by atoms with Crippen molar-refractivity contribution < 1.29 is 0 Å². The van der Waals surface area contributed by atoms with Crippen LogP contribution in [-0.2, 0) is 0 Å². The number of rotatable bonds is 3.